The number of carboxylic acids is 1. The zero-order valence-electron chi connectivity index (χ0n) is 18.8. The summed E-state index contributed by atoms with van der Waals surface area (Å²) in [5.41, 5.74) is 3.69. The van der Waals surface area contributed by atoms with E-state index in [-0.39, 0.29) is 30.8 Å². The van der Waals surface area contributed by atoms with Crippen molar-refractivity contribution < 1.29 is 23.4 Å². The number of hydrogen-bond acceptors (Lipinski definition) is 4. The predicted octanol–water partition coefficient (Wildman–Crippen LogP) is 4.52. The number of benzene rings is 1. The van der Waals surface area contributed by atoms with Crippen LogP contribution in [0.2, 0.25) is 0 Å². The SMILES string of the molecule is COc1cc(C)c2[nH]ccc2c1CN1CCC2(CC1c1cnn(CC(=O)O)c1)CC(F)(F)C2. The van der Waals surface area contributed by atoms with E-state index in [2.05, 4.69) is 15.0 Å². The first kappa shape index (κ1) is 21.9. The lowest BCUT2D eigenvalue weighted by molar-refractivity contribution is -0.186. The first-order chi connectivity index (χ1) is 15.7. The van der Waals surface area contributed by atoms with Crippen LogP contribution in [0.15, 0.2) is 30.7 Å². The molecule has 2 N–H and O–H groups in total. The smallest absolute Gasteiger partial charge is 0.325 e. The van der Waals surface area contributed by atoms with Gasteiger partial charge in [-0.15, -0.1) is 0 Å². The van der Waals surface area contributed by atoms with Crippen LogP contribution in [0.4, 0.5) is 8.78 Å². The number of nitrogens with one attached hydrogen (secondary N) is 1. The Bertz CT molecular complexity index is 1190. The molecule has 33 heavy (non-hydrogen) atoms. The number of halogens is 2. The molecule has 7 nitrogen and oxygen atoms in total. The Morgan fingerprint density at radius 3 is 2.88 bits per heavy atom. The fourth-order valence-corrected chi connectivity index (χ4v) is 5.82. The van der Waals surface area contributed by atoms with Crippen molar-refractivity contribution in [3.05, 3.63) is 47.4 Å². The number of methoxy groups -OCH3 is 1. The van der Waals surface area contributed by atoms with Crippen LogP contribution in [0.3, 0.4) is 0 Å². The monoisotopic (exact) mass is 458 g/mol. The first-order valence-electron chi connectivity index (χ1n) is 11.2. The Morgan fingerprint density at radius 1 is 1.39 bits per heavy atom. The lowest BCUT2D eigenvalue weighted by atomic mass is 9.59. The van der Waals surface area contributed by atoms with Crippen LogP contribution in [0.1, 0.15) is 48.4 Å². The van der Waals surface area contributed by atoms with Crippen molar-refractivity contribution >= 4 is 16.9 Å². The molecule has 0 bridgehead atoms. The third-order valence-electron chi connectivity index (χ3n) is 7.29. The Morgan fingerprint density at radius 2 is 2.18 bits per heavy atom. The summed E-state index contributed by atoms with van der Waals surface area (Å²) in [6.07, 6.45) is 6.48. The van der Waals surface area contributed by atoms with E-state index >= 15 is 0 Å². The number of aliphatic carboxylic acids is 1. The molecule has 2 aromatic heterocycles. The molecule has 1 aromatic carbocycles. The highest BCUT2D eigenvalue weighted by Gasteiger charge is 2.58. The molecule has 1 aliphatic carbocycles. The van der Waals surface area contributed by atoms with Crippen LogP contribution < -0.4 is 4.74 Å². The molecule has 1 saturated carbocycles. The summed E-state index contributed by atoms with van der Waals surface area (Å²) in [7, 11) is 1.66. The number of aromatic nitrogens is 3. The quantitative estimate of drug-likeness (QED) is 0.568. The van der Waals surface area contributed by atoms with E-state index in [0.717, 1.165) is 33.3 Å². The average Bonchev–Trinajstić information content (AvgIpc) is 3.39. The maximum atomic E-state index is 13.8. The molecule has 1 aliphatic heterocycles. The van der Waals surface area contributed by atoms with E-state index in [1.807, 2.05) is 25.3 Å². The molecule has 1 unspecified atom stereocenters. The van der Waals surface area contributed by atoms with Crippen molar-refractivity contribution in [1.82, 2.24) is 19.7 Å². The van der Waals surface area contributed by atoms with E-state index in [4.69, 9.17) is 9.84 Å². The van der Waals surface area contributed by atoms with Gasteiger partial charge in [0.25, 0.3) is 0 Å². The molecule has 3 aromatic rings. The number of nitrogens with zero attached hydrogens (tertiary/aromatic N) is 3. The molecule has 0 radical (unpaired) electrons. The molecule has 5 rings (SSSR count). The highest BCUT2D eigenvalue weighted by Crippen LogP contribution is 2.60. The van der Waals surface area contributed by atoms with Crippen molar-refractivity contribution in [2.45, 2.75) is 57.7 Å². The summed E-state index contributed by atoms with van der Waals surface area (Å²) in [6, 6.07) is 3.93. The van der Waals surface area contributed by atoms with Crippen molar-refractivity contribution in [2.75, 3.05) is 13.7 Å². The van der Waals surface area contributed by atoms with Crippen LogP contribution in [0.25, 0.3) is 10.9 Å². The maximum absolute atomic E-state index is 13.8. The summed E-state index contributed by atoms with van der Waals surface area (Å²) in [6.45, 7) is 3.07. The van der Waals surface area contributed by atoms with E-state index in [1.165, 1.54) is 4.68 Å². The van der Waals surface area contributed by atoms with Gasteiger partial charge >= 0.3 is 5.97 Å². The molecule has 176 valence electrons. The molecular weight excluding hydrogens is 430 g/mol. The summed E-state index contributed by atoms with van der Waals surface area (Å²) < 4.78 is 34.8. The lowest BCUT2D eigenvalue weighted by Crippen LogP contribution is -2.53. The predicted molar refractivity (Wildman–Crippen MR) is 118 cm³/mol. The number of carbonyl (C=O) groups is 1. The van der Waals surface area contributed by atoms with Gasteiger partial charge < -0.3 is 14.8 Å². The summed E-state index contributed by atoms with van der Waals surface area (Å²) in [4.78, 5) is 16.7. The normalized spacial score (nSPS) is 21.9. The summed E-state index contributed by atoms with van der Waals surface area (Å²) >= 11 is 0. The third-order valence-corrected chi connectivity index (χ3v) is 7.29. The number of aryl methyl sites for hydroxylation is 1. The largest absolute Gasteiger partial charge is 0.496 e. The first-order valence-corrected chi connectivity index (χ1v) is 11.2. The molecular formula is C24H28F2N4O3. The van der Waals surface area contributed by atoms with Crippen molar-refractivity contribution in [3.8, 4) is 5.75 Å². The number of likely N-dealkylation sites (tertiary alicyclic amines) is 1. The Kier molecular flexibility index (Phi) is 5.19. The fourth-order valence-electron chi connectivity index (χ4n) is 5.82. The molecule has 1 spiro atoms. The van der Waals surface area contributed by atoms with Crippen LogP contribution >= 0.6 is 0 Å². The fraction of sp³-hybridized carbons (Fsp3) is 0.500. The van der Waals surface area contributed by atoms with Gasteiger partial charge in [-0.05, 0) is 49.4 Å². The highest BCUT2D eigenvalue weighted by molar-refractivity contribution is 5.88. The number of fused-ring (bicyclic) bond motifs is 1. The number of hydrogen-bond donors (Lipinski definition) is 2. The minimum absolute atomic E-state index is 0.0798. The molecule has 2 aliphatic rings. The van der Waals surface area contributed by atoms with Crippen molar-refractivity contribution in [1.29, 1.82) is 0 Å². The van der Waals surface area contributed by atoms with Gasteiger partial charge in [0.1, 0.15) is 12.3 Å². The van der Waals surface area contributed by atoms with E-state index in [9.17, 15) is 13.6 Å². The van der Waals surface area contributed by atoms with Crippen LogP contribution in [-0.2, 0) is 17.9 Å². The van der Waals surface area contributed by atoms with Crippen molar-refractivity contribution in [2.24, 2.45) is 5.41 Å². The summed E-state index contributed by atoms with van der Waals surface area (Å²) in [5.74, 6) is -2.76. The van der Waals surface area contributed by atoms with Gasteiger partial charge in [0, 0.05) is 59.9 Å². The summed E-state index contributed by atoms with van der Waals surface area (Å²) in [5, 5.41) is 14.4. The molecule has 1 atom stereocenters. The number of piperidine rings is 1. The second kappa shape index (κ2) is 7.83. The van der Waals surface area contributed by atoms with Crippen molar-refractivity contribution in [3.63, 3.8) is 0 Å². The zero-order valence-corrected chi connectivity index (χ0v) is 18.8. The number of aromatic amines is 1. The maximum Gasteiger partial charge on any atom is 0.325 e. The molecule has 3 heterocycles. The molecule has 2 fully saturated rings. The molecule has 0 amide bonds. The Hall–Kier alpha value is -2.94. The molecule has 1 saturated heterocycles. The minimum Gasteiger partial charge on any atom is -0.496 e. The lowest BCUT2D eigenvalue weighted by Gasteiger charge is -2.54. The van der Waals surface area contributed by atoms with Gasteiger partial charge in [0.05, 0.1) is 13.3 Å². The van der Waals surface area contributed by atoms with Gasteiger partial charge in [-0.1, -0.05) is 0 Å². The Balaban J connectivity index is 1.49. The highest BCUT2D eigenvalue weighted by atomic mass is 19.3. The zero-order chi connectivity index (χ0) is 23.4. The number of rotatable bonds is 6. The van der Waals surface area contributed by atoms with E-state index in [0.29, 0.717) is 25.9 Å². The number of alkyl halides is 2. The van der Waals surface area contributed by atoms with E-state index in [1.54, 1.807) is 19.5 Å². The van der Waals surface area contributed by atoms with Crippen LogP contribution in [0.5, 0.6) is 5.75 Å². The second-order valence-corrected chi connectivity index (χ2v) is 9.66. The third kappa shape index (κ3) is 3.99. The number of ether oxygens (including phenoxy) is 1. The number of H-pyrrole nitrogens is 1. The van der Waals surface area contributed by atoms with Gasteiger partial charge in [-0.2, -0.15) is 5.10 Å². The number of carboxylic acid groups (broad SMARTS) is 1. The standard InChI is InChI=1S/C24H28F2N4O3/c1-15-7-20(33-2)18(17-3-5-27-22(15)17)11-29-6-4-23(13-24(25,26)14-23)8-19(29)16-9-28-30(10-16)12-21(31)32/h3,5,7,9-10,19,27H,4,6,8,11-14H2,1-2H3,(H,31,32). The average molecular weight is 459 g/mol. The van der Waals surface area contributed by atoms with Crippen LogP contribution in [0, 0.1) is 12.3 Å². The van der Waals surface area contributed by atoms with Crippen LogP contribution in [-0.4, -0.2) is 50.3 Å². The van der Waals surface area contributed by atoms with Gasteiger partial charge in [0.15, 0.2) is 0 Å². The molecule has 9 heteroatoms. The van der Waals surface area contributed by atoms with Gasteiger partial charge in [-0.3, -0.25) is 14.4 Å². The minimum atomic E-state index is -2.59. The van der Waals surface area contributed by atoms with Gasteiger partial charge in [-0.25, -0.2) is 8.78 Å². The second-order valence-electron chi connectivity index (χ2n) is 9.66. The Labute approximate surface area is 190 Å². The topological polar surface area (TPSA) is 83.4 Å². The van der Waals surface area contributed by atoms with E-state index < -0.39 is 11.9 Å². The van der Waals surface area contributed by atoms with Gasteiger partial charge in [0.2, 0.25) is 5.92 Å².